The number of carbonyl (C=O) groups excluding carboxylic acids is 2. The molecule has 2 amide bonds. The molecule has 1 aliphatic carbocycles. The third kappa shape index (κ3) is 7.56. The largest absolute Gasteiger partial charge is 0.352 e. The average Bonchev–Trinajstić information content (AvgIpc) is 2.96. The molecule has 0 spiro atoms. The molecule has 0 radical (unpaired) electrons. The minimum atomic E-state index is -4.12. The van der Waals surface area contributed by atoms with Gasteiger partial charge in [0.25, 0.3) is 10.0 Å². The zero-order chi connectivity index (χ0) is 28.7. The van der Waals surface area contributed by atoms with Gasteiger partial charge in [0.05, 0.1) is 10.6 Å². The van der Waals surface area contributed by atoms with Gasteiger partial charge in [-0.3, -0.25) is 13.9 Å². The number of benzene rings is 3. The molecule has 1 fully saturated rings. The van der Waals surface area contributed by atoms with Crippen molar-refractivity contribution in [3.8, 4) is 0 Å². The fourth-order valence-electron chi connectivity index (χ4n) is 4.79. The Morgan fingerprint density at radius 1 is 0.875 bits per heavy atom. The predicted molar refractivity (Wildman–Crippen MR) is 159 cm³/mol. The van der Waals surface area contributed by atoms with Crippen molar-refractivity contribution in [3.05, 3.63) is 94.5 Å². The molecule has 212 valence electrons. The van der Waals surface area contributed by atoms with Crippen LogP contribution in [0.4, 0.5) is 5.69 Å². The summed E-state index contributed by atoms with van der Waals surface area (Å²) >= 11 is 12.1. The monoisotopic (exact) mass is 601 g/mol. The summed E-state index contributed by atoms with van der Waals surface area (Å²) in [5.41, 5.74) is 1.05. The second-order valence-corrected chi connectivity index (χ2v) is 12.7. The van der Waals surface area contributed by atoms with E-state index in [-0.39, 0.29) is 29.1 Å². The minimum Gasteiger partial charge on any atom is -0.352 e. The van der Waals surface area contributed by atoms with Crippen LogP contribution >= 0.6 is 23.2 Å². The lowest BCUT2D eigenvalue weighted by Crippen LogP contribution is -2.53. The van der Waals surface area contributed by atoms with Gasteiger partial charge in [-0.2, -0.15) is 0 Å². The Morgan fingerprint density at radius 3 is 2.05 bits per heavy atom. The summed E-state index contributed by atoms with van der Waals surface area (Å²) in [5.74, 6) is -0.783. The zero-order valence-corrected chi connectivity index (χ0v) is 24.6. The molecule has 0 bridgehead atoms. The molecule has 10 heteroatoms. The summed E-state index contributed by atoms with van der Waals surface area (Å²) in [4.78, 5) is 28.8. The first-order valence-corrected chi connectivity index (χ1v) is 15.5. The fourth-order valence-corrected chi connectivity index (χ4v) is 6.48. The van der Waals surface area contributed by atoms with Gasteiger partial charge in [0.1, 0.15) is 12.6 Å². The number of nitrogens with one attached hydrogen (secondary N) is 1. The number of rotatable bonds is 10. The van der Waals surface area contributed by atoms with Gasteiger partial charge in [-0.1, -0.05) is 72.8 Å². The van der Waals surface area contributed by atoms with Crippen LogP contribution in [-0.2, 0) is 26.2 Å². The Balaban J connectivity index is 1.65. The first-order chi connectivity index (χ1) is 19.1. The Labute approximate surface area is 246 Å². The molecule has 3 aromatic rings. The molecule has 1 unspecified atom stereocenters. The smallest absolute Gasteiger partial charge is 0.264 e. The van der Waals surface area contributed by atoms with Crippen LogP contribution in [-0.4, -0.2) is 43.8 Å². The van der Waals surface area contributed by atoms with Crippen molar-refractivity contribution >= 4 is 50.7 Å². The number of halogens is 2. The van der Waals surface area contributed by atoms with Gasteiger partial charge in [0.15, 0.2) is 0 Å². The summed E-state index contributed by atoms with van der Waals surface area (Å²) in [6, 6.07) is 20.4. The third-order valence-electron chi connectivity index (χ3n) is 7.11. The van der Waals surface area contributed by atoms with E-state index in [1.165, 1.54) is 17.0 Å². The van der Waals surface area contributed by atoms with E-state index in [0.717, 1.165) is 42.0 Å². The highest BCUT2D eigenvalue weighted by molar-refractivity contribution is 7.92. The highest BCUT2D eigenvalue weighted by Crippen LogP contribution is 2.26. The van der Waals surface area contributed by atoms with Gasteiger partial charge in [0, 0.05) is 22.6 Å². The number of hydrogen-bond acceptors (Lipinski definition) is 4. The van der Waals surface area contributed by atoms with E-state index >= 15 is 0 Å². The van der Waals surface area contributed by atoms with Crippen molar-refractivity contribution in [1.29, 1.82) is 0 Å². The maximum Gasteiger partial charge on any atom is 0.264 e. The predicted octanol–water partition coefficient (Wildman–Crippen LogP) is 6.05. The highest BCUT2D eigenvalue weighted by atomic mass is 35.5. The normalized spacial score (nSPS) is 14.8. The van der Waals surface area contributed by atoms with E-state index in [2.05, 4.69) is 5.32 Å². The summed E-state index contributed by atoms with van der Waals surface area (Å²) in [5, 5.41) is 4.08. The quantitative estimate of drug-likeness (QED) is 0.306. The van der Waals surface area contributed by atoms with Crippen molar-refractivity contribution in [2.24, 2.45) is 0 Å². The molecule has 7 nitrogen and oxygen atoms in total. The molecular formula is C30H33Cl2N3O4S. The van der Waals surface area contributed by atoms with Crippen LogP contribution in [0.1, 0.15) is 44.6 Å². The number of carbonyl (C=O) groups is 2. The van der Waals surface area contributed by atoms with Crippen LogP contribution in [0.5, 0.6) is 0 Å². The van der Waals surface area contributed by atoms with Gasteiger partial charge < -0.3 is 10.2 Å². The molecule has 0 heterocycles. The first-order valence-electron chi connectivity index (χ1n) is 13.3. The molecular weight excluding hydrogens is 569 g/mol. The summed E-state index contributed by atoms with van der Waals surface area (Å²) in [6.07, 6.45) is 5.08. The van der Waals surface area contributed by atoms with E-state index in [1.807, 2.05) is 0 Å². The number of sulfonamides is 1. The van der Waals surface area contributed by atoms with Crippen molar-refractivity contribution < 1.29 is 18.0 Å². The van der Waals surface area contributed by atoms with Crippen LogP contribution in [0, 0.1) is 0 Å². The summed E-state index contributed by atoms with van der Waals surface area (Å²) in [6.45, 7) is 1.27. The number of amides is 2. The lowest BCUT2D eigenvalue weighted by atomic mass is 9.95. The van der Waals surface area contributed by atoms with Crippen LogP contribution in [0.3, 0.4) is 0 Å². The minimum absolute atomic E-state index is 0.0464. The highest BCUT2D eigenvalue weighted by Gasteiger charge is 2.33. The molecule has 1 N–H and O–H groups in total. The van der Waals surface area contributed by atoms with E-state index in [0.29, 0.717) is 10.0 Å². The van der Waals surface area contributed by atoms with E-state index in [1.54, 1.807) is 73.7 Å². The molecule has 0 aliphatic heterocycles. The molecule has 0 aromatic heterocycles. The van der Waals surface area contributed by atoms with Gasteiger partial charge in [-0.05, 0) is 73.9 Å². The zero-order valence-electron chi connectivity index (χ0n) is 22.3. The summed E-state index contributed by atoms with van der Waals surface area (Å²) in [7, 11) is -4.12. The molecule has 1 aliphatic rings. The average molecular weight is 603 g/mol. The molecule has 40 heavy (non-hydrogen) atoms. The Hall–Kier alpha value is -3.07. The first kappa shape index (κ1) is 29.9. The number of anilines is 1. The van der Waals surface area contributed by atoms with Crippen LogP contribution in [0.25, 0.3) is 0 Å². The van der Waals surface area contributed by atoms with Gasteiger partial charge >= 0.3 is 0 Å². The van der Waals surface area contributed by atoms with Crippen LogP contribution in [0.15, 0.2) is 83.8 Å². The molecule has 3 aromatic carbocycles. The maximum atomic E-state index is 14.0. The van der Waals surface area contributed by atoms with Crippen LogP contribution < -0.4 is 9.62 Å². The molecule has 0 saturated heterocycles. The number of nitrogens with zero attached hydrogens (tertiary/aromatic N) is 2. The molecule has 1 saturated carbocycles. The molecule has 4 rings (SSSR count). The summed E-state index contributed by atoms with van der Waals surface area (Å²) < 4.78 is 28.6. The number of hydrogen-bond donors (Lipinski definition) is 1. The van der Waals surface area contributed by atoms with Crippen molar-refractivity contribution in [2.45, 2.75) is 62.6 Å². The van der Waals surface area contributed by atoms with Crippen molar-refractivity contribution in [1.82, 2.24) is 10.2 Å². The lowest BCUT2D eigenvalue weighted by Gasteiger charge is -2.33. The van der Waals surface area contributed by atoms with E-state index in [9.17, 15) is 18.0 Å². The topological polar surface area (TPSA) is 86.8 Å². The van der Waals surface area contributed by atoms with Gasteiger partial charge in [-0.15, -0.1) is 0 Å². The van der Waals surface area contributed by atoms with Gasteiger partial charge in [-0.25, -0.2) is 8.42 Å². The Kier molecular flexibility index (Phi) is 10.1. The Bertz CT molecular complexity index is 1400. The van der Waals surface area contributed by atoms with Crippen molar-refractivity contribution in [2.75, 3.05) is 10.8 Å². The standard InChI is InChI=1S/C30H33Cl2N3O4S/c1-22(30(37)33-26-8-4-2-5-9-26)34(20-23-12-14-24(31)15-13-23)29(36)21-35(27-18-16-25(32)17-19-27)40(38,39)28-10-6-3-7-11-28/h3,6-7,10-19,22,26H,2,4-5,8-9,20-21H2,1H3,(H,33,37). The second-order valence-electron chi connectivity index (χ2n) is 9.97. The van der Waals surface area contributed by atoms with E-state index < -0.39 is 28.5 Å². The van der Waals surface area contributed by atoms with Crippen molar-refractivity contribution in [3.63, 3.8) is 0 Å². The van der Waals surface area contributed by atoms with E-state index in [4.69, 9.17) is 23.2 Å². The van der Waals surface area contributed by atoms with Crippen LogP contribution in [0.2, 0.25) is 10.0 Å². The fraction of sp³-hybridized carbons (Fsp3) is 0.333. The third-order valence-corrected chi connectivity index (χ3v) is 9.40. The SMILES string of the molecule is CC(C(=O)NC1CCCCC1)N(Cc1ccc(Cl)cc1)C(=O)CN(c1ccc(Cl)cc1)S(=O)(=O)c1ccccc1. The maximum absolute atomic E-state index is 14.0. The van der Waals surface area contributed by atoms with Gasteiger partial charge in [0.2, 0.25) is 11.8 Å². The Morgan fingerprint density at radius 2 is 1.45 bits per heavy atom. The second kappa shape index (κ2) is 13.5. The lowest BCUT2D eigenvalue weighted by molar-refractivity contribution is -0.139. The molecule has 1 atom stereocenters.